The molecule has 1 aliphatic carbocycles. The number of hydrogen-bond donors (Lipinski definition) is 2. The molecule has 6 nitrogen and oxygen atoms in total. The van der Waals surface area contributed by atoms with E-state index in [0.29, 0.717) is 39.6 Å². The molecule has 0 radical (unpaired) electrons. The average molecular weight is 627 g/mol. The van der Waals surface area contributed by atoms with E-state index in [1.54, 1.807) is 0 Å². The van der Waals surface area contributed by atoms with Crippen molar-refractivity contribution in [2.24, 2.45) is 0 Å². The van der Waals surface area contributed by atoms with Gasteiger partial charge in [-0.2, -0.15) is 0 Å². The highest BCUT2D eigenvalue weighted by Gasteiger charge is 2.47. The van der Waals surface area contributed by atoms with Crippen LogP contribution in [-0.4, -0.2) is 63.1 Å². The van der Waals surface area contributed by atoms with Gasteiger partial charge in [-0.3, -0.25) is 0 Å². The van der Waals surface area contributed by atoms with E-state index in [9.17, 15) is 0 Å². The number of aliphatic hydroxyl groups excluding tert-OH is 2. The fourth-order valence-electron chi connectivity index (χ4n) is 7.09. The van der Waals surface area contributed by atoms with Crippen LogP contribution in [0.25, 0.3) is 32.7 Å². The van der Waals surface area contributed by atoms with Crippen molar-refractivity contribution < 1.29 is 29.2 Å². The van der Waals surface area contributed by atoms with Crippen molar-refractivity contribution in [2.45, 2.75) is 5.41 Å². The molecule has 0 atom stereocenters. The minimum absolute atomic E-state index is 0.0000466. The zero-order chi connectivity index (χ0) is 32.1. The SMILES string of the molecule is OCCOCCOc1ccc2c(C3(c4cccc5cc(OCCOCCO)ccc45)c4ccccc4-c4ccccc43)cccc2c1. The Labute approximate surface area is 274 Å². The molecule has 7 rings (SSSR count). The van der Waals surface area contributed by atoms with Gasteiger partial charge in [0.25, 0.3) is 0 Å². The molecule has 6 aromatic rings. The summed E-state index contributed by atoms with van der Waals surface area (Å²) in [7, 11) is 0. The molecule has 0 heterocycles. The normalized spacial score (nSPS) is 13.1. The molecule has 0 fully saturated rings. The van der Waals surface area contributed by atoms with Crippen LogP contribution in [0.5, 0.6) is 11.5 Å². The van der Waals surface area contributed by atoms with Gasteiger partial charge in [0.05, 0.1) is 45.1 Å². The summed E-state index contributed by atoms with van der Waals surface area (Å²) < 4.78 is 22.8. The molecule has 0 spiro atoms. The van der Waals surface area contributed by atoms with Gasteiger partial charge in [-0.1, -0.05) is 97.1 Å². The smallest absolute Gasteiger partial charge is 0.120 e. The molecule has 0 bridgehead atoms. The zero-order valence-electron chi connectivity index (χ0n) is 26.2. The lowest BCUT2D eigenvalue weighted by Gasteiger charge is -2.36. The van der Waals surface area contributed by atoms with Crippen LogP contribution >= 0.6 is 0 Å². The molecule has 0 amide bonds. The van der Waals surface area contributed by atoms with E-state index in [2.05, 4.69) is 109 Å². The Morgan fingerprint density at radius 3 is 1.34 bits per heavy atom. The zero-order valence-corrected chi connectivity index (χ0v) is 26.2. The van der Waals surface area contributed by atoms with Crippen LogP contribution in [0.1, 0.15) is 22.3 Å². The van der Waals surface area contributed by atoms with Crippen molar-refractivity contribution in [2.75, 3.05) is 52.9 Å². The molecule has 6 aromatic carbocycles. The van der Waals surface area contributed by atoms with Crippen LogP contribution in [0, 0.1) is 0 Å². The summed E-state index contributed by atoms with van der Waals surface area (Å²) in [5.41, 5.74) is 6.81. The monoisotopic (exact) mass is 626 g/mol. The summed E-state index contributed by atoms with van der Waals surface area (Å²) in [6.45, 7) is 2.26. The van der Waals surface area contributed by atoms with Crippen molar-refractivity contribution in [3.8, 4) is 22.6 Å². The molecule has 2 N–H and O–H groups in total. The molecular formula is C41H38O6. The fourth-order valence-corrected chi connectivity index (χ4v) is 7.09. The Bertz CT molecular complexity index is 1860. The van der Waals surface area contributed by atoms with Crippen LogP contribution in [0.15, 0.2) is 121 Å². The maximum atomic E-state index is 8.99. The Kier molecular flexibility index (Phi) is 9.18. The Morgan fingerprint density at radius 2 is 0.872 bits per heavy atom. The van der Waals surface area contributed by atoms with Gasteiger partial charge in [0.1, 0.15) is 24.7 Å². The third-order valence-corrected chi connectivity index (χ3v) is 8.93. The van der Waals surface area contributed by atoms with Crippen LogP contribution in [0.4, 0.5) is 0 Å². The number of aliphatic hydroxyl groups is 2. The highest BCUT2D eigenvalue weighted by atomic mass is 16.5. The van der Waals surface area contributed by atoms with E-state index in [-0.39, 0.29) is 13.2 Å². The van der Waals surface area contributed by atoms with Crippen molar-refractivity contribution in [1.29, 1.82) is 0 Å². The highest BCUT2D eigenvalue weighted by Crippen LogP contribution is 2.58. The third-order valence-electron chi connectivity index (χ3n) is 8.93. The number of benzene rings is 6. The Balaban J connectivity index is 1.39. The summed E-state index contributed by atoms with van der Waals surface area (Å²) in [5.74, 6) is 1.56. The Hall–Kier alpha value is -4.72. The minimum atomic E-state index is -0.590. The summed E-state index contributed by atoms with van der Waals surface area (Å²) in [6, 6.07) is 43.3. The van der Waals surface area contributed by atoms with E-state index < -0.39 is 5.41 Å². The maximum absolute atomic E-state index is 8.99. The lowest BCUT2D eigenvalue weighted by atomic mass is 9.65. The standard InChI is InChI=1S/C41H38O6/c42-19-21-44-23-25-46-31-15-17-33-29(27-31)7-5-13-37(33)41(39-11-3-1-9-35(39)36-10-2-4-12-40(36)41)38-14-6-8-30-28-32(16-18-34(30)38)47-26-24-45-22-20-43/h1-18,27-28,42-43H,19-26H2. The molecule has 6 heteroatoms. The second-order valence-electron chi connectivity index (χ2n) is 11.6. The lowest BCUT2D eigenvalue weighted by molar-refractivity contribution is 0.0705. The first-order valence-corrected chi connectivity index (χ1v) is 16.1. The van der Waals surface area contributed by atoms with E-state index >= 15 is 0 Å². The average Bonchev–Trinajstić information content (AvgIpc) is 3.41. The van der Waals surface area contributed by atoms with Crippen LogP contribution in [0.2, 0.25) is 0 Å². The van der Waals surface area contributed by atoms with E-state index in [1.165, 1.54) is 33.4 Å². The number of ether oxygens (including phenoxy) is 4. The first kappa shape index (κ1) is 30.9. The van der Waals surface area contributed by atoms with Gasteiger partial charge < -0.3 is 29.2 Å². The van der Waals surface area contributed by atoms with Gasteiger partial charge >= 0.3 is 0 Å². The molecular weight excluding hydrogens is 588 g/mol. The maximum Gasteiger partial charge on any atom is 0.120 e. The van der Waals surface area contributed by atoms with Gasteiger partial charge in [0.15, 0.2) is 0 Å². The van der Waals surface area contributed by atoms with Gasteiger partial charge in [0.2, 0.25) is 0 Å². The first-order valence-electron chi connectivity index (χ1n) is 16.1. The largest absolute Gasteiger partial charge is 0.491 e. The minimum Gasteiger partial charge on any atom is -0.491 e. The lowest BCUT2D eigenvalue weighted by Crippen LogP contribution is -2.29. The van der Waals surface area contributed by atoms with Crippen molar-refractivity contribution in [3.63, 3.8) is 0 Å². The second-order valence-corrected chi connectivity index (χ2v) is 11.6. The molecule has 0 saturated carbocycles. The predicted octanol–water partition coefficient (Wildman–Crippen LogP) is 7.13. The van der Waals surface area contributed by atoms with Gasteiger partial charge in [-0.05, 0) is 79.2 Å². The highest BCUT2D eigenvalue weighted by molar-refractivity contribution is 5.99. The molecule has 0 aliphatic heterocycles. The third kappa shape index (κ3) is 5.75. The summed E-state index contributed by atoms with van der Waals surface area (Å²) >= 11 is 0. The van der Waals surface area contributed by atoms with Crippen LogP contribution in [-0.2, 0) is 14.9 Å². The van der Waals surface area contributed by atoms with Crippen LogP contribution in [0.3, 0.4) is 0 Å². The number of rotatable bonds is 14. The summed E-state index contributed by atoms with van der Waals surface area (Å²) in [6.07, 6.45) is 0. The summed E-state index contributed by atoms with van der Waals surface area (Å²) in [5, 5.41) is 22.5. The van der Waals surface area contributed by atoms with Gasteiger partial charge in [-0.15, -0.1) is 0 Å². The fraction of sp³-hybridized carbons (Fsp3) is 0.220. The van der Waals surface area contributed by atoms with Gasteiger partial charge in [0, 0.05) is 0 Å². The summed E-state index contributed by atoms with van der Waals surface area (Å²) in [4.78, 5) is 0. The second kappa shape index (κ2) is 14.0. The van der Waals surface area contributed by atoms with E-state index in [1.807, 2.05) is 12.1 Å². The van der Waals surface area contributed by atoms with E-state index in [4.69, 9.17) is 29.2 Å². The van der Waals surface area contributed by atoms with Crippen LogP contribution < -0.4 is 9.47 Å². The topological polar surface area (TPSA) is 77.4 Å². The molecule has 0 unspecified atom stereocenters. The molecule has 47 heavy (non-hydrogen) atoms. The number of fused-ring (bicyclic) bond motifs is 5. The molecule has 0 saturated heterocycles. The molecule has 238 valence electrons. The van der Waals surface area contributed by atoms with Gasteiger partial charge in [-0.25, -0.2) is 0 Å². The quantitative estimate of drug-likeness (QED) is 0.125. The van der Waals surface area contributed by atoms with Crippen molar-refractivity contribution >= 4 is 21.5 Å². The number of hydrogen-bond acceptors (Lipinski definition) is 6. The van der Waals surface area contributed by atoms with E-state index in [0.717, 1.165) is 33.0 Å². The van der Waals surface area contributed by atoms with Crippen molar-refractivity contribution in [3.05, 3.63) is 144 Å². The van der Waals surface area contributed by atoms with Crippen molar-refractivity contribution in [1.82, 2.24) is 0 Å². The molecule has 0 aromatic heterocycles. The molecule has 1 aliphatic rings. The Morgan fingerprint density at radius 1 is 0.426 bits per heavy atom. The first-order chi connectivity index (χ1) is 23.3. The predicted molar refractivity (Wildman–Crippen MR) is 186 cm³/mol.